The summed E-state index contributed by atoms with van der Waals surface area (Å²) in [6.45, 7) is 1.50. The minimum atomic E-state index is 0.0974. The van der Waals surface area contributed by atoms with Gasteiger partial charge in [0, 0.05) is 43.4 Å². The molecule has 4 rings (SSSR count). The Kier molecular flexibility index (Phi) is 4.04. The van der Waals surface area contributed by atoms with Crippen LogP contribution in [-0.4, -0.2) is 38.2 Å². The van der Waals surface area contributed by atoms with Crippen LogP contribution in [0.2, 0.25) is 0 Å². The number of pyridine rings is 1. The summed E-state index contributed by atoms with van der Waals surface area (Å²) in [5.74, 6) is 1.85. The van der Waals surface area contributed by atoms with Crippen molar-refractivity contribution in [3.8, 4) is 17.5 Å². The molecule has 4 heterocycles. The van der Waals surface area contributed by atoms with Gasteiger partial charge >= 0.3 is 0 Å². The van der Waals surface area contributed by atoms with Gasteiger partial charge in [0.15, 0.2) is 11.5 Å². The molecule has 0 radical (unpaired) electrons. The van der Waals surface area contributed by atoms with Crippen LogP contribution in [-0.2, 0) is 0 Å². The van der Waals surface area contributed by atoms with Crippen LogP contribution in [0.1, 0.15) is 30.3 Å². The normalized spacial score (nSPS) is 17.2. The van der Waals surface area contributed by atoms with E-state index in [0.717, 1.165) is 24.9 Å². The molecule has 3 aromatic rings. The van der Waals surface area contributed by atoms with Crippen molar-refractivity contribution in [2.75, 3.05) is 18.0 Å². The predicted molar refractivity (Wildman–Crippen MR) is 88.5 cm³/mol. The van der Waals surface area contributed by atoms with Gasteiger partial charge in [-0.25, -0.2) is 9.97 Å². The quantitative estimate of drug-likeness (QED) is 0.718. The molecule has 0 aliphatic carbocycles. The predicted octanol–water partition coefficient (Wildman–Crippen LogP) is 2.18. The van der Waals surface area contributed by atoms with E-state index in [1.165, 1.54) is 6.20 Å². The van der Waals surface area contributed by atoms with E-state index in [4.69, 9.17) is 4.52 Å². The van der Waals surface area contributed by atoms with Gasteiger partial charge < -0.3 is 9.42 Å². The number of hydrogen-bond acceptors (Lipinski definition) is 8. The van der Waals surface area contributed by atoms with E-state index in [1.807, 2.05) is 12.1 Å². The highest BCUT2D eigenvalue weighted by Gasteiger charge is 2.28. The van der Waals surface area contributed by atoms with E-state index in [-0.39, 0.29) is 5.92 Å². The fourth-order valence-corrected chi connectivity index (χ4v) is 3.03. The van der Waals surface area contributed by atoms with Crippen LogP contribution in [0.3, 0.4) is 0 Å². The number of nitrogens with zero attached hydrogens (tertiary/aromatic N) is 7. The molecule has 25 heavy (non-hydrogen) atoms. The van der Waals surface area contributed by atoms with Crippen LogP contribution in [0.4, 0.5) is 5.82 Å². The Morgan fingerprint density at radius 2 is 2.16 bits per heavy atom. The minimum absolute atomic E-state index is 0.0974. The summed E-state index contributed by atoms with van der Waals surface area (Å²) in [6.07, 6.45) is 8.45. The van der Waals surface area contributed by atoms with Gasteiger partial charge in [0.05, 0.1) is 5.92 Å². The van der Waals surface area contributed by atoms with Crippen LogP contribution in [0, 0.1) is 11.3 Å². The van der Waals surface area contributed by atoms with Crippen molar-refractivity contribution in [3.63, 3.8) is 0 Å². The first-order chi connectivity index (χ1) is 12.3. The van der Waals surface area contributed by atoms with Crippen LogP contribution in [0.25, 0.3) is 11.4 Å². The van der Waals surface area contributed by atoms with Gasteiger partial charge in [0.25, 0.3) is 0 Å². The molecular formula is C17H15N7O. The van der Waals surface area contributed by atoms with Gasteiger partial charge in [-0.1, -0.05) is 5.16 Å². The maximum atomic E-state index is 9.24. The first kappa shape index (κ1) is 15.2. The molecule has 3 aromatic heterocycles. The fraction of sp³-hybridized carbons (Fsp3) is 0.294. The van der Waals surface area contributed by atoms with E-state index >= 15 is 0 Å². The van der Waals surface area contributed by atoms with Gasteiger partial charge in [-0.3, -0.25) is 4.98 Å². The fourth-order valence-electron chi connectivity index (χ4n) is 3.03. The molecule has 0 N–H and O–H groups in total. The molecule has 0 aromatic carbocycles. The molecular weight excluding hydrogens is 318 g/mol. The van der Waals surface area contributed by atoms with Crippen molar-refractivity contribution in [3.05, 3.63) is 48.5 Å². The molecule has 8 nitrogen and oxygen atoms in total. The zero-order valence-corrected chi connectivity index (χ0v) is 13.4. The van der Waals surface area contributed by atoms with E-state index in [9.17, 15) is 5.26 Å². The summed E-state index contributed by atoms with van der Waals surface area (Å²) in [4.78, 5) is 19.1. The lowest BCUT2D eigenvalue weighted by molar-refractivity contribution is 0.333. The first-order valence-corrected chi connectivity index (χ1v) is 8.05. The third kappa shape index (κ3) is 3.04. The molecule has 1 unspecified atom stereocenters. The molecule has 1 atom stereocenters. The maximum Gasteiger partial charge on any atom is 0.231 e. The Labute approximate surface area is 144 Å². The Morgan fingerprint density at radius 1 is 1.24 bits per heavy atom. The molecule has 8 heteroatoms. The van der Waals surface area contributed by atoms with Gasteiger partial charge in [-0.2, -0.15) is 10.2 Å². The van der Waals surface area contributed by atoms with Crippen molar-refractivity contribution in [2.24, 2.45) is 0 Å². The third-order valence-corrected chi connectivity index (χ3v) is 4.22. The third-order valence-electron chi connectivity index (χ3n) is 4.22. The number of piperidine rings is 1. The van der Waals surface area contributed by atoms with Crippen LogP contribution < -0.4 is 4.90 Å². The Bertz CT molecular complexity index is 903. The van der Waals surface area contributed by atoms with Crippen LogP contribution in [0.15, 0.2) is 41.4 Å². The Hall–Kier alpha value is -3.34. The molecule has 0 spiro atoms. The lowest BCUT2D eigenvalue weighted by Gasteiger charge is -2.31. The summed E-state index contributed by atoms with van der Waals surface area (Å²) in [5.41, 5.74) is 1.16. The first-order valence-electron chi connectivity index (χ1n) is 8.05. The van der Waals surface area contributed by atoms with Crippen LogP contribution >= 0.6 is 0 Å². The number of nitriles is 1. The molecule has 124 valence electrons. The monoisotopic (exact) mass is 333 g/mol. The highest BCUT2D eigenvalue weighted by molar-refractivity contribution is 5.52. The zero-order chi connectivity index (χ0) is 17.1. The average Bonchev–Trinajstić information content (AvgIpc) is 3.19. The summed E-state index contributed by atoms with van der Waals surface area (Å²) in [5, 5.41) is 13.3. The second-order valence-corrected chi connectivity index (χ2v) is 5.82. The van der Waals surface area contributed by atoms with Crippen molar-refractivity contribution >= 4 is 5.82 Å². The Morgan fingerprint density at radius 3 is 3.00 bits per heavy atom. The number of anilines is 1. The second-order valence-electron chi connectivity index (χ2n) is 5.82. The highest BCUT2D eigenvalue weighted by atomic mass is 16.5. The van der Waals surface area contributed by atoms with Crippen molar-refractivity contribution in [2.45, 2.75) is 18.8 Å². The van der Waals surface area contributed by atoms with E-state index in [2.05, 4.69) is 36.1 Å². The lowest BCUT2D eigenvalue weighted by Crippen LogP contribution is -2.35. The van der Waals surface area contributed by atoms with Crippen molar-refractivity contribution in [1.82, 2.24) is 25.1 Å². The SMILES string of the molecule is N#Cc1nccnc1N1CCCC(c2nc(-c3cccnc3)no2)C1. The number of rotatable bonds is 3. The lowest BCUT2D eigenvalue weighted by atomic mass is 9.98. The highest BCUT2D eigenvalue weighted by Crippen LogP contribution is 2.30. The molecule has 0 saturated carbocycles. The van der Waals surface area contributed by atoms with Gasteiger partial charge in [-0.15, -0.1) is 0 Å². The minimum Gasteiger partial charge on any atom is -0.353 e. The van der Waals surface area contributed by atoms with Crippen LogP contribution in [0.5, 0.6) is 0 Å². The van der Waals surface area contributed by atoms with E-state index in [0.29, 0.717) is 29.8 Å². The summed E-state index contributed by atoms with van der Waals surface area (Å²) < 4.78 is 5.48. The van der Waals surface area contributed by atoms with E-state index < -0.39 is 0 Å². The maximum absolute atomic E-state index is 9.24. The van der Waals surface area contributed by atoms with Gasteiger partial charge in [0.1, 0.15) is 6.07 Å². The standard InChI is InChI=1S/C17H15N7O/c18-9-14-16(21-7-6-20-14)24-8-2-4-13(11-24)17-22-15(23-25-17)12-3-1-5-19-10-12/h1,3,5-7,10,13H,2,4,8,11H2. The molecule has 1 aliphatic rings. The Balaban J connectivity index is 1.56. The van der Waals surface area contributed by atoms with Gasteiger partial charge in [0.2, 0.25) is 11.7 Å². The zero-order valence-electron chi connectivity index (χ0n) is 13.4. The van der Waals surface area contributed by atoms with Crippen molar-refractivity contribution < 1.29 is 4.52 Å². The summed E-state index contributed by atoms with van der Waals surface area (Å²) in [6, 6.07) is 5.83. The average molecular weight is 333 g/mol. The molecule has 1 aliphatic heterocycles. The number of aromatic nitrogens is 5. The molecule has 0 bridgehead atoms. The summed E-state index contributed by atoms with van der Waals surface area (Å²) >= 11 is 0. The van der Waals surface area contributed by atoms with E-state index in [1.54, 1.807) is 18.6 Å². The van der Waals surface area contributed by atoms with Gasteiger partial charge in [-0.05, 0) is 25.0 Å². The number of hydrogen-bond donors (Lipinski definition) is 0. The topological polar surface area (TPSA) is 105 Å². The second kappa shape index (κ2) is 6.65. The smallest absolute Gasteiger partial charge is 0.231 e. The molecule has 1 fully saturated rings. The largest absolute Gasteiger partial charge is 0.353 e. The molecule has 0 amide bonds. The summed E-state index contributed by atoms with van der Waals surface area (Å²) in [7, 11) is 0. The molecule has 1 saturated heterocycles. The van der Waals surface area contributed by atoms with Crippen molar-refractivity contribution in [1.29, 1.82) is 5.26 Å².